The maximum atomic E-state index is 13.0. The van der Waals surface area contributed by atoms with Crippen LogP contribution in [0.3, 0.4) is 0 Å². The molecular formula is C23H28N6O2. The molecule has 31 heavy (non-hydrogen) atoms. The number of hydrogen-bond donors (Lipinski definition) is 0. The minimum absolute atomic E-state index is 0.0974. The molecule has 3 aromatic rings. The average molecular weight is 421 g/mol. The van der Waals surface area contributed by atoms with E-state index in [0.29, 0.717) is 17.8 Å². The van der Waals surface area contributed by atoms with E-state index in [1.54, 1.807) is 16.8 Å². The zero-order chi connectivity index (χ0) is 21.4. The van der Waals surface area contributed by atoms with Crippen LogP contribution in [0.5, 0.6) is 0 Å². The molecule has 1 fully saturated rings. The van der Waals surface area contributed by atoms with E-state index in [9.17, 15) is 9.59 Å². The first-order valence-electron chi connectivity index (χ1n) is 11.3. The molecule has 0 unspecified atom stereocenters. The summed E-state index contributed by atoms with van der Waals surface area (Å²) in [6, 6.07) is 5.89. The molecule has 162 valence electrons. The molecule has 0 aliphatic carbocycles. The monoisotopic (exact) mass is 420 g/mol. The number of anilines is 2. The summed E-state index contributed by atoms with van der Waals surface area (Å²) in [6.45, 7) is 4.97. The van der Waals surface area contributed by atoms with Gasteiger partial charge in [-0.25, -0.2) is 14.5 Å². The van der Waals surface area contributed by atoms with Crippen molar-refractivity contribution in [2.75, 3.05) is 24.5 Å². The number of carbonyl (C=O) groups excluding carboxylic acids is 1. The summed E-state index contributed by atoms with van der Waals surface area (Å²) < 4.78 is 3.02. The Labute approximate surface area is 181 Å². The third kappa shape index (κ3) is 3.60. The van der Waals surface area contributed by atoms with Gasteiger partial charge in [-0.3, -0.25) is 9.20 Å². The SMILES string of the molecule is CCn1nc2cc(N3CCCc4cc(C(=O)N5CCCCCC5)cnc43)ccn2c1=O. The smallest absolute Gasteiger partial charge is 0.339 e. The zero-order valence-corrected chi connectivity index (χ0v) is 18.0. The van der Waals surface area contributed by atoms with Crippen LogP contribution in [0.15, 0.2) is 35.4 Å². The van der Waals surface area contributed by atoms with E-state index in [1.165, 1.54) is 17.5 Å². The van der Waals surface area contributed by atoms with Gasteiger partial charge in [-0.1, -0.05) is 12.8 Å². The minimum Gasteiger partial charge on any atom is -0.339 e. The van der Waals surface area contributed by atoms with Crippen LogP contribution < -0.4 is 10.6 Å². The lowest BCUT2D eigenvalue weighted by atomic mass is 10.0. The maximum absolute atomic E-state index is 13.0. The quantitative estimate of drug-likeness (QED) is 0.651. The van der Waals surface area contributed by atoms with E-state index in [4.69, 9.17) is 4.98 Å². The molecule has 5 heterocycles. The van der Waals surface area contributed by atoms with Gasteiger partial charge in [-0.05, 0) is 50.3 Å². The van der Waals surface area contributed by atoms with Crippen LogP contribution in [0.25, 0.3) is 5.65 Å². The topological polar surface area (TPSA) is 75.7 Å². The largest absolute Gasteiger partial charge is 0.350 e. The van der Waals surface area contributed by atoms with Crippen molar-refractivity contribution >= 4 is 23.1 Å². The number of carbonyl (C=O) groups is 1. The summed E-state index contributed by atoms with van der Waals surface area (Å²) in [5, 5.41) is 4.41. The lowest BCUT2D eigenvalue weighted by Gasteiger charge is -2.30. The van der Waals surface area contributed by atoms with Crippen LogP contribution in [-0.2, 0) is 13.0 Å². The number of nitrogens with zero attached hydrogens (tertiary/aromatic N) is 6. The molecule has 1 amide bonds. The molecule has 8 nitrogen and oxygen atoms in total. The maximum Gasteiger partial charge on any atom is 0.350 e. The van der Waals surface area contributed by atoms with Crippen molar-refractivity contribution in [3.63, 3.8) is 0 Å². The number of rotatable bonds is 3. The molecule has 3 aromatic heterocycles. The molecule has 2 aliphatic rings. The number of hydrogen-bond acceptors (Lipinski definition) is 5. The van der Waals surface area contributed by atoms with Gasteiger partial charge in [0.25, 0.3) is 5.91 Å². The highest BCUT2D eigenvalue weighted by atomic mass is 16.2. The van der Waals surface area contributed by atoms with Crippen LogP contribution in [-0.4, -0.2) is 49.6 Å². The lowest BCUT2D eigenvalue weighted by Crippen LogP contribution is -2.32. The Hall–Kier alpha value is -3.16. The first-order chi connectivity index (χ1) is 15.2. The fraction of sp³-hybridized carbons (Fsp3) is 0.478. The fourth-order valence-electron chi connectivity index (χ4n) is 4.67. The molecule has 8 heteroatoms. The van der Waals surface area contributed by atoms with E-state index in [0.717, 1.165) is 62.4 Å². The predicted molar refractivity (Wildman–Crippen MR) is 119 cm³/mol. The van der Waals surface area contributed by atoms with E-state index in [2.05, 4.69) is 10.00 Å². The van der Waals surface area contributed by atoms with Crippen molar-refractivity contribution in [1.82, 2.24) is 24.1 Å². The number of aryl methyl sites for hydroxylation is 2. The molecular weight excluding hydrogens is 392 g/mol. The van der Waals surface area contributed by atoms with E-state index >= 15 is 0 Å². The number of likely N-dealkylation sites (tertiary alicyclic amines) is 1. The summed E-state index contributed by atoms with van der Waals surface area (Å²) in [6.07, 6.45) is 9.96. The van der Waals surface area contributed by atoms with E-state index in [-0.39, 0.29) is 11.6 Å². The van der Waals surface area contributed by atoms with Gasteiger partial charge in [-0.15, -0.1) is 5.10 Å². The number of fused-ring (bicyclic) bond motifs is 2. The van der Waals surface area contributed by atoms with Crippen LogP contribution in [0.2, 0.25) is 0 Å². The van der Waals surface area contributed by atoms with Gasteiger partial charge < -0.3 is 9.80 Å². The summed E-state index contributed by atoms with van der Waals surface area (Å²) >= 11 is 0. The highest BCUT2D eigenvalue weighted by molar-refractivity contribution is 5.94. The Morgan fingerprint density at radius 2 is 1.87 bits per heavy atom. The van der Waals surface area contributed by atoms with Gasteiger partial charge in [0.15, 0.2) is 5.65 Å². The lowest BCUT2D eigenvalue weighted by molar-refractivity contribution is 0.0761. The second-order valence-electron chi connectivity index (χ2n) is 8.38. The molecule has 5 rings (SSSR count). The van der Waals surface area contributed by atoms with Gasteiger partial charge in [0.1, 0.15) is 5.82 Å². The average Bonchev–Trinajstić information content (AvgIpc) is 2.97. The molecule has 0 radical (unpaired) electrons. The molecule has 1 saturated heterocycles. The molecule has 0 bridgehead atoms. The first kappa shape index (κ1) is 19.8. The van der Waals surface area contributed by atoms with Crippen LogP contribution in [0, 0.1) is 0 Å². The standard InChI is InChI=1S/C23H28N6O2/c1-2-29-23(31)28-13-9-19(15-20(28)25-29)27-12-7-8-17-14-18(16-24-21(17)27)22(30)26-10-5-3-4-6-11-26/h9,13-16H,2-8,10-12H2,1H3. The molecule has 0 aromatic carbocycles. The van der Waals surface area contributed by atoms with Crippen molar-refractivity contribution < 1.29 is 4.79 Å². The minimum atomic E-state index is -0.127. The number of pyridine rings is 2. The van der Waals surface area contributed by atoms with Gasteiger partial charge in [0.2, 0.25) is 0 Å². The number of aromatic nitrogens is 4. The summed E-state index contributed by atoms with van der Waals surface area (Å²) in [7, 11) is 0. The van der Waals surface area contributed by atoms with E-state index < -0.39 is 0 Å². The van der Waals surface area contributed by atoms with Crippen molar-refractivity contribution in [3.8, 4) is 0 Å². The van der Waals surface area contributed by atoms with Gasteiger partial charge >= 0.3 is 5.69 Å². The zero-order valence-electron chi connectivity index (χ0n) is 18.0. The molecule has 0 saturated carbocycles. The third-order valence-corrected chi connectivity index (χ3v) is 6.35. The van der Waals surface area contributed by atoms with Gasteiger partial charge in [0, 0.05) is 50.3 Å². The van der Waals surface area contributed by atoms with Crippen molar-refractivity contribution in [1.29, 1.82) is 0 Å². The second-order valence-corrected chi connectivity index (χ2v) is 8.38. The highest BCUT2D eigenvalue weighted by Crippen LogP contribution is 2.32. The van der Waals surface area contributed by atoms with Crippen LogP contribution in [0.1, 0.15) is 54.9 Å². The Morgan fingerprint density at radius 1 is 1.06 bits per heavy atom. The van der Waals surface area contributed by atoms with Crippen molar-refractivity contribution in [3.05, 3.63) is 52.2 Å². The predicted octanol–water partition coefficient (Wildman–Crippen LogP) is 3.01. The summed E-state index contributed by atoms with van der Waals surface area (Å²) in [4.78, 5) is 34.2. The van der Waals surface area contributed by atoms with Crippen molar-refractivity contribution in [2.45, 2.75) is 52.0 Å². The highest BCUT2D eigenvalue weighted by Gasteiger charge is 2.24. The molecule has 0 spiro atoms. The normalized spacial score (nSPS) is 16.9. The van der Waals surface area contributed by atoms with Crippen LogP contribution in [0.4, 0.5) is 11.5 Å². The first-order valence-corrected chi connectivity index (χ1v) is 11.3. The van der Waals surface area contributed by atoms with E-state index in [1.807, 2.05) is 30.0 Å². The Bertz CT molecular complexity index is 1170. The Balaban J connectivity index is 1.46. The van der Waals surface area contributed by atoms with Gasteiger partial charge in [0.05, 0.1) is 5.56 Å². The summed E-state index contributed by atoms with van der Waals surface area (Å²) in [5.74, 6) is 0.987. The molecule has 0 atom stereocenters. The molecule has 2 aliphatic heterocycles. The molecule has 0 N–H and O–H groups in total. The van der Waals surface area contributed by atoms with Gasteiger partial charge in [-0.2, -0.15) is 0 Å². The van der Waals surface area contributed by atoms with Crippen molar-refractivity contribution in [2.24, 2.45) is 0 Å². The third-order valence-electron chi connectivity index (χ3n) is 6.35. The summed E-state index contributed by atoms with van der Waals surface area (Å²) in [5.41, 5.74) is 3.25. The Morgan fingerprint density at radius 3 is 2.65 bits per heavy atom. The number of amides is 1. The fourth-order valence-corrected chi connectivity index (χ4v) is 4.67. The Kier molecular flexibility index (Phi) is 5.21. The van der Waals surface area contributed by atoms with Crippen LogP contribution >= 0.6 is 0 Å². The second kappa shape index (κ2) is 8.17.